The van der Waals surface area contributed by atoms with Gasteiger partial charge in [0.2, 0.25) is 0 Å². The van der Waals surface area contributed by atoms with E-state index in [9.17, 15) is 14.4 Å². The van der Waals surface area contributed by atoms with Crippen molar-refractivity contribution in [2.24, 2.45) is 0 Å². The first-order chi connectivity index (χ1) is 40.0. The van der Waals surface area contributed by atoms with E-state index in [0.29, 0.717) is 19.3 Å². The van der Waals surface area contributed by atoms with Gasteiger partial charge in [-0.15, -0.1) is 0 Å². The fourth-order valence-electron chi connectivity index (χ4n) is 9.36. The minimum atomic E-state index is -0.797. The van der Waals surface area contributed by atoms with Crippen molar-refractivity contribution < 1.29 is 28.6 Å². The van der Waals surface area contributed by atoms with Crippen LogP contribution in [0.2, 0.25) is 0 Å². The second-order valence-electron chi connectivity index (χ2n) is 22.4. The van der Waals surface area contributed by atoms with Crippen LogP contribution in [0.25, 0.3) is 0 Å². The Morgan fingerprint density at radius 2 is 0.494 bits per heavy atom. The fourth-order valence-corrected chi connectivity index (χ4v) is 9.36. The summed E-state index contributed by atoms with van der Waals surface area (Å²) in [5.41, 5.74) is 0. The van der Waals surface area contributed by atoms with Crippen LogP contribution in [-0.2, 0) is 28.6 Å². The van der Waals surface area contributed by atoms with Gasteiger partial charge in [-0.1, -0.05) is 309 Å². The van der Waals surface area contributed by atoms with Crippen LogP contribution in [0, 0.1) is 0 Å². The van der Waals surface area contributed by atoms with E-state index in [1.807, 2.05) is 0 Å². The van der Waals surface area contributed by atoms with E-state index in [2.05, 4.69) is 142 Å². The Morgan fingerprint density at radius 1 is 0.259 bits per heavy atom. The summed E-state index contributed by atoms with van der Waals surface area (Å²) in [4.78, 5) is 38.3. The fraction of sp³-hybridized carbons (Fsp3) is 0.693. The quantitative estimate of drug-likeness (QED) is 0.0261. The molecule has 6 heteroatoms. The Labute approximate surface area is 501 Å². The first kappa shape index (κ1) is 76.8. The van der Waals surface area contributed by atoms with Crippen molar-refractivity contribution in [3.05, 3.63) is 122 Å². The molecule has 0 aromatic heterocycles. The first-order valence-electron chi connectivity index (χ1n) is 34.0. The van der Waals surface area contributed by atoms with E-state index in [-0.39, 0.29) is 31.1 Å². The smallest absolute Gasteiger partial charge is 0.306 e. The van der Waals surface area contributed by atoms with Gasteiger partial charge < -0.3 is 14.2 Å². The number of carbonyl (C=O) groups is 3. The van der Waals surface area contributed by atoms with E-state index < -0.39 is 6.10 Å². The molecule has 0 aromatic carbocycles. The van der Waals surface area contributed by atoms with Crippen molar-refractivity contribution in [3.8, 4) is 0 Å². The minimum Gasteiger partial charge on any atom is -0.462 e. The predicted octanol–water partition coefficient (Wildman–Crippen LogP) is 23.6. The summed E-state index contributed by atoms with van der Waals surface area (Å²) in [6.07, 6.45) is 95.1. The molecule has 0 heterocycles. The maximum Gasteiger partial charge on any atom is 0.306 e. The summed E-state index contributed by atoms with van der Waals surface area (Å²) < 4.78 is 16.9. The third-order valence-corrected chi connectivity index (χ3v) is 14.5. The number of hydrogen-bond acceptors (Lipinski definition) is 6. The molecule has 0 radical (unpaired) electrons. The van der Waals surface area contributed by atoms with Gasteiger partial charge in [0.05, 0.1) is 0 Å². The molecular weight excluding hydrogens is 997 g/mol. The van der Waals surface area contributed by atoms with E-state index in [1.54, 1.807) is 0 Å². The van der Waals surface area contributed by atoms with Crippen LogP contribution in [0.3, 0.4) is 0 Å². The summed E-state index contributed by atoms with van der Waals surface area (Å²) in [5.74, 6) is -0.926. The number of hydrogen-bond donors (Lipinski definition) is 0. The molecule has 0 bridgehead atoms. The van der Waals surface area contributed by atoms with Crippen molar-refractivity contribution in [3.63, 3.8) is 0 Å². The Bertz CT molecular complexity index is 1670. The molecule has 0 aliphatic rings. The molecule has 462 valence electrons. The van der Waals surface area contributed by atoms with E-state index in [4.69, 9.17) is 14.2 Å². The molecule has 0 N–H and O–H groups in total. The van der Waals surface area contributed by atoms with Crippen molar-refractivity contribution in [1.82, 2.24) is 0 Å². The van der Waals surface area contributed by atoms with E-state index in [1.165, 1.54) is 141 Å². The molecule has 0 spiro atoms. The molecule has 6 nitrogen and oxygen atoms in total. The molecule has 0 saturated heterocycles. The third kappa shape index (κ3) is 66.5. The van der Waals surface area contributed by atoms with Gasteiger partial charge in [0, 0.05) is 19.3 Å². The zero-order valence-corrected chi connectivity index (χ0v) is 53.0. The highest BCUT2D eigenvalue weighted by Gasteiger charge is 2.19. The average molecular weight is 1120 g/mol. The Balaban J connectivity index is 4.33. The lowest BCUT2D eigenvalue weighted by atomic mass is 10.0. The number of ether oxygens (including phenoxy) is 3. The molecular formula is C75H126O6. The van der Waals surface area contributed by atoms with Gasteiger partial charge >= 0.3 is 17.9 Å². The number of rotatable bonds is 61. The Morgan fingerprint density at radius 3 is 0.815 bits per heavy atom. The van der Waals surface area contributed by atoms with Gasteiger partial charge in [0.25, 0.3) is 0 Å². The summed E-state index contributed by atoms with van der Waals surface area (Å²) in [6, 6.07) is 0. The summed E-state index contributed by atoms with van der Waals surface area (Å²) in [5, 5.41) is 0. The molecule has 1 atom stereocenters. The summed E-state index contributed by atoms with van der Waals surface area (Å²) >= 11 is 0. The highest BCUT2D eigenvalue weighted by atomic mass is 16.6. The minimum absolute atomic E-state index is 0.0924. The summed E-state index contributed by atoms with van der Waals surface area (Å²) in [7, 11) is 0. The molecule has 0 aliphatic heterocycles. The van der Waals surface area contributed by atoms with Gasteiger partial charge in [-0.2, -0.15) is 0 Å². The van der Waals surface area contributed by atoms with E-state index in [0.717, 1.165) is 135 Å². The first-order valence-corrected chi connectivity index (χ1v) is 34.0. The maximum atomic E-state index is 12.9. The molecule has 0 amide bonds. The van der Waals surface area contributed by atoms with Crippen LogP contribution >= 0.6 is 0 Å². The average Bonchev–Trinajstić information content (AvgIpc) is 3.47. The van der Waals surface area contributed by atoms with Crippen LogP contribution in [0.15, 0.2) is 122 Å². The second-order valence-corrected chi connectivity index (χ2v) is 22.4. The predicted molar refractivity (Wildman–Crippen MR) is 353 cm³/mol. The SMILES string of the molecule is CC/C=C\C/C=C\C/C=C\C/C=C\C/C=C\C/C=C\C/C=C\C/C=C\C/C=C\CCCCCC(=O)OCC(COC(=O)CCCCCCC/C=C\CCCC)OC(=O)CCCCCCCCCCCCCCCCCCCCCCC. The van der Waals surface area contributed by atoms with Crippen LogP contribution in [0.5, 0.6) is 0 Å². The van der Waals surface area contributed by atoms with Crippen LogP contribution in [-0.4, -0.2) is 37.2 Å². The monoisotopic (exact) mass is 1120 g/mol. The number of allylic oxidation sites excluding steroid dienone is 20. The van der Waals surface area contributed by atoms with Gasteiger partial charge in [0.1, 0.15) is 13.2 Å². The van der Waals surface area contributed by atoms with Crippen LogP contribution in [0.1, 0.15) is 316 Å². The Hall–Kier alpha value is -4.19. The molecule has 0 aromatic rings. The molecule has 0 saturated carbocycles. The van der Waals surface area contributed by atoms with Gasteiger partial charge in [-0.3, -0.25) is 14.4 Å². The number of unbranched alkanes of at least 4 members (excludes halogenated alkanes) is 30. The highest BCUT2D eigenvalue weighted by Crippen LogP contribution is 2.17. The molecule has 1 unspecified atom stereocenters. The van der Waals surface area contributed by atoms with Gasteiger partial charge in [0.15, 0.2) is 6.10 Å². The van der Waals surface area contributed by atoms with Crippen molar-refractivity contribution in [1.29, 1.82) is 0 Å². The lowest BCUT2D eigenvalue weighted by molar-refractivity contribution is -0.167. The molecule has 81 heavy (non-hydrogen) atoms. The maximum absolute atomic E-state index is 12.9. The second kappa shape index (κ2) is 68.3. The highest BCUT2D eigenvalue weighted by molar-refractivity contribution is 5.71. The lowest BCUT2D eigenvalue weighted by Gasteiger charge is -2.18. The number of carbonyl (C=O) groups excluding carboxylic acids is 3. The van der Waals surface area contributed by atoms with E-state index >= 15 is 0 Å². The van der Waals surface area contributed by atoms with Crippen LogP contribution in [0.4, 0.5) is 0 Å². The van der Waals surface area contributed by atoms with Crippen molar-refractivity contribution >= 4 is 17.9 Å². The standard InChI is InChI=1S/C75H126O6/c1-4-7-10-13-16-19-22-24-26-28-30-32-33-34-35-36-37-38-39-40-41-43-44-46-48-50-53-56-59-62-65-68-74(77)80-71-72(70-79-73(76)67-64-61-58-55-52-21-18-15-12-9-6-3)81-75(78)69-66-63-60-57-54-51-49-47-45-42-31-29-27-25-23-20-17-14-11-8-5-2/h7,10,15-16,18-19,24,26,30,32,34-35,37-38,40-41,44,46,50,53,72H,4-6,8-9,11-14,17,20-23,25,27-29,31,33,36,39,42-43,45,47-49,51-52,54-71H2,1-3H3/b10-7-,18-15-,19-16-,26-24-,32-30-,35-34-,38-37-,41-40-,46-44-,53-50-. The number of esters is 3. The molecule has 0 aliphatic carbocycles. The zero-order chi connectivity index (χ0) is 58.5. The third-order valence-electron chi connectivity index (χ3n) is 14.5. The van der Waals surface area contributed by atoms with Crippen molar-refractivity contribution in [2.75, 3.05) is 13.2 Å². The largest absolute Gasteiger partial charge is 0.462 e. The van der Waals surface area contributed by atoms with Crippen LogP contribution < -0.4 is 0 Å². The molecule has 0 rings (SSSR count). The van der Waals surface area contributed by atoms with Gasteiger partial charge in [-0.25, -0.2) is 0 Å². The zero-order valence-electron chi connectivity index (χ0n) is 53.0. The Kier molecular flexibility index (Phi) is 64.8. The lowest BCUT2D eigenvalue weighted by Crippen LogP contribution is -2.30. The van der Waals surface area contributed by atoms with Gasteiger partial charge in [-0.05, 0) is 109 Å². The summed E-state index contributed by atoms with van der Waals surface area (Å²) in [6.45, 7) is 6.48. The molecule has 0 fully saturated rings. The van der Waals surface area contributed by atoms with Crippen molar-refractivity contribution in [2.45, 2.75) is 322 Å². The topological polar surface area (TPSA) is 78.9 Å². The normalized spacial score (nSPS) is 12.9.